The minimum atomic E-state index is 0.875. The van der Waals surface area contributed by atoms with Crippen LogP contribution in [0.3, 0.4) is 0 Å². The number of hydrogen-bond donors (Lipinski definition) is 0. The topological polar surface area (TPSA) is 51.6 Å². The fraction of sp³-hybridized carbons (Fsp3) is 0.0909. The smallest absolute Gasteiger partial charge is 0.108 e. The van der Waals surface area contributed by atoms with Crippen LogP contribution in [0.2, 0.25) is 0 Å². The van der Waals surface area contributed by atoms with Crippen molar-refractivity contribution in [1.82, 2.24) is 19.9 Å². The van der Waals surface area contributed by atoms with E-state index in [4.69, 9.17) is 9.97 Å². The van der Waals surface area contributed by atoms with Crippen LogP contribution in [0.25, 0.3) is 22.8 Å². The Labute approximate surface area is 172 Å². The van der Waals surface area contributed by atoms with Crippen LogP contribution in [-0.2, 0) is 0 Å². The van der Waals surface area contributed by atoms with Gasteiger partial charge >= 0.3 is 0 Å². The van der Waals surface area contributed by atoms with Crippen molar-refractivity contribution in [2.75, 3.05) is 0 Å². The molecule has 28 heavy (non-hydrogen) atoms. The SMILES string of the molecule is Cc1cccc(-c2cccc(SSc3cccc(-c4cccc(C)n4)n3)n2)n1. The van der Waals surface area contributed by atoms with Crippen molar-refractivity contribution in [3.05, 3.63) is 84.2 Å². The number of pyridine rings is 4. The van der Waals surface area contributed by atoms with E-state index in [1.807, 2.05) is 86.6 Å². The quantitative estimate of drug-likeness (QED) is 0.381. The van der Waals surface area contributed by atoms with Gasteiger partial charge in [-0.05, 0) is 84.0 Å². The average Bonchev–Trinajstić information content (AvgIpc) is 2.73. The molecule has 0 amide bonds. The molecule has 0 aliphatic heterocycles. The maximum absolute atomic E-state index is 4.73. The predicted octanol–water partition coefficient (Wildman–Crippen LogP) is 6.02. The molecule has 0 aliphatic carbocycles. The first kappa shape index (κ1) is 18.7. The summed E-state index contributed by atoms with van der Waals surface area (Å²) < 4.78 is 0. The molecule has 138 valence electrons. The number of aryl methyl sites for hydroxylation is 2. The molecule has 0 bridgehead atoms. The predicted molar refractivity (Wildman–Crippen MR) is 116 cm³/mol. The van der Waals surface area contributed by atoms with Gasteiger partial charge in [-0.15, -0.1) is 0 Å². The molecule has 0 saturated heterocycles. The van der Waals surface area contributed by atoms with Crippen LogP contribution >= 0.6 is 21.6 Å². The summed E-state index contributed by atoms with van der Waals surface area (Å²) in [4.78, 5) is 18.6. The number of nitrogens with zero attached hydrogens (tertiary/aromatic N) is 4. The highest BCUT2D eigenvalue weighted by Crippen LogP contribution is 2.36. The lowest BCUT2D eigenvalue weighted by Gasteiger charge is -2.06. The molecule has 0 saturated carbocycles. The lowest BCUT2D eigenvalue weighted by atomic mass is 10.2. The summed E-state index contributed by atoms with van der Waals surface area (Å²) in [5.41, 5.74) is 5.49. The largest absolute Gasteiger partial charge is 0.251 e. The van der Waals surface area contributed by atoms with Crippen LogP contribution in [0.4, 0.5) is 0 Å². The van der Waals surface area contributed by atoms with Crippen molar-refractivity contribution in [2.45, 2.75) is 23.9 Å². The minimum Gasteiger partial charge on any atom is -0.251 e. The van der Waals surface area contributed by atoms with Gasteiger partial charge in [0.1, 0.15) is 10.1 Å². The molecule has 0 unspecified atom stereocenters. The van der Waals surface area contributed by atoms with Gasteiger partial charge in [0.2, 0.25) is 0 Å². The molecule has 0 aromatic carbocycles. The lowest BCUT2D eigenvalue weighted by Crippen LogP contribution is -1.91. The third kappa shape index (κ3) is 4.58. The Kier molecular flexibility index (Phi) is 5.69. The van der Waals surface area contributed by atoms with Gasteiger partial charge in [-0.25, -0.2) is 9.97 Å². The van der Waals surface area contributed by atoms with Crippen molar-refractivity contribution in [1.29, 1.82) is 0 Å². The highest BCUT2D eigenvalue weighted by Gasteiger charge is 2.07. The molecule has 0 N–H and O–H groups in total. The summed E-state index contributed by atoms with van der Waals surface area (Å²) in [5, 5.41) is 1.85. The van der Waals surface area contributed by atoms with Crippen LogP contribution in [-0.4, -0.2) is 19.9 Å². The highest BCUT2D eigenvalue weighted by molar-refractivity contribution is 8.76. The Morgan fingerprint density at radius 1 is 0.464 bits per heavy atom. The molecule has 0 aliphatic rings. The van der Waals surface area contributed by atoms with E-state index in [-0.39, 0.29) is 0 Å². The van der Waals surface area contributed by atoms with Gasteiger partial charge in [-0.1, -0.05) is 24.3 Å². The zero-order chi connectivity index (χ0) is 19.3. The molecule has 4 heterocycles. The molecular weight excluding hydrogens is 384 g/mol. The third-order valence-corrected chi connectivity index (χ3v) is 6.12. The molecule has 4 rings (SSSR count). The minimum absolute atomic E-state index is 0.875. The second kappa shape index (κ2) is 8.54. The van der Waals surface area contributed by atoms with Crippen molar-refractivity contribution in [3.63, 3.8) is 0 Å². The van der Waals surface area contributed by atoms with Gasteiger partial charge in [0.25, 0.3) is 0 Å². The molecule has 0 atom stereocenters. The standard InChI is InChI=1S/C22H18N4S2/c1-15-7-3-9-17(23-15)19-11-5-13-21(25-19)27-28-22-14-6-12-20(26-22)18-10-4-8-16(2)24-18/h3-14H,1-2H3. The van der Waals surface area contributed by atoms with Gasteiger partial charge in [-0.2, -0.15) is 0 Å². The van der Waals surface area contributed by atoms with E-state index < -0.39 is 0 Å². The van der Waals surface area contributed by atoms with E-state index in [1.54, 1.807) is 21.6 Å². The van der Waals surface area contributed by atoms with Gasteiger partial charge in [0.15, 0.2) is 0 Å². The Hall–Kier alpha value is -2.70. The molecule has 4 nitrogen and oxygen atoms in total. The molecule has 4 aromatic rings. The van der Waals surface area contributed by atoms with E-state index in [2.05, 4.69) is 9.97 Å². The summed E-state index contributed by atoms with van der Waals surface area (Å²) in [6, 6.07) is 23.9. The first-order valence-corrected chi connectivity index (χ1v) is 11.0. The Morgan fingerprint density at radius 3 is 1.21 bits per heavy atom. The summed E-state index contributed by atoms with van der Waals surface area (Å²) in [7, 11) is 3.18. The van der Waals surface area contributed by atoms with Crippen molar-refractivity contribution < 1.29 is 0 Å². The summed E-state index contributed by atoms with van der Waals surface area (Å²) in [6.45, 7) is 3.97. The number of rotatable bonds is 5. The molecular formula is C22H18N4S2. The monoisotopic (exact) mass is 402 g/mol. The highest BCUT2D eigenvalue weighted by atomic mass is 33.1. The fourth-order valence-corrected chi connectivity index (χ4v) is 4.44. The molecule has 0 fully saturated rings. The van der Waals surface area contributed by atoms with Gasteiger partial charge in [0, 0.05) is 11.4 Å². The second-order valence-corrected chi connectivity index (χ2v) is 8.39. The normalized spacial score (nSPS) is 10.8. The van der Waals surface area contributed by atoms with Crippen LogP contribution in [0.1, 0.15) is 11.4 Å². The van der Waals surface area contributed by atoms with E-state index in [9.17, 15) is 0 Å². The first-order chi connectivity index (χ1) is 13.7. The van der Waals surface area contributed by atoms with E-state index in [1.165, 1.54) is 0 Å². The van der Waals surface area contributed by atoms with Crippen LogP contribution in [0.15, 0.2) is 82.8 Å². The maximum atomic E-state index is 4.73. The fourth-order valence-electron chi connectivity index (χ4n) is 2.66. The van der Waals surface area contributed by atoms with Gasteiger partial charge in [0.05, 0.1) is 22.8 Å². The van der Waals surface area contributed by atoms with Crippen molar-refractivity contribution >= 4 is 21.6 Å². The van der Waals surface area contributed by atoms with Crippen LogP contribution in [0, 0.1) is 13.8 Å². The average molecular weight is 403 g/mol. The van der Waals surface area contributed by atoms with E-state index in [0.29, 0.717) is 0 Å². The Morgan fingerprint density at radius 2 is 0.821 bits per heavy atom. The molecule has 0 spiro atoms. The molecule has 4 aromatic heterocycles. The maximum Gasteiger partial charge on any atom is 0.108 e. The Bertz CT molecular complexity index is 1030. The summed E-state index contributed by atoms with van der Waals surface area (Å²) in [6.07, 6.45) is 0. The van der Waals surface area contributed by atoms with Gasteiger partial charge in [-0.3, -0.25) is 9.97 Å². The van der Waals surface area contributed by atoms with Crippen molar-refractivity contribution in [3.8, 4) is 22.8 Å². The zero-order valence-electron chi connectivity index (χ0n) is 15.5. The number of aromatic nitrogens is 4. The lowest BCUT2D eigenvalue weighted by molar-refractivity contribution is 1.11. The summed E-state index contributed by atoms with van der Waals surface area (Å²) in [5.74, 6) is 0. The van der Waals surface area contributed by atoms with Crippen LogP contribution < -0.4 is 0 Å². The third-order valence-electron chi connectivity index (χ3n) is 3.96. The van der Waals surface area contributed by atoms with E-state index in [0.717, 1.165) is 44.2 Å². The first-order valence-electron chi connectivity index (χ1n) is 8.84. The zero-order valence-corrected chi connectivity index (χ0v) is 17.2. The second-order valence-electron chi connectivity index (χ2n) is 6.22. The summed E-state index contributed by atoms with van der Waals surface area (Å²) >= 11 is 0. The van der Waals surface area contributed by atoms with Crippen molar-refractivity contribution in [2.24, 2.45) is 0 Å². The number of hydrogen-bond acceptors (Lipinski definition) is 6. The van der Waals surface area contributed by atoms with Gasteiger partial charge < -0.3 is 0 Å². The molecule has 6 heteroatoms. The Balaban J connectivity index is 1.51. The van der Waals surface area contributed by atoms with Crippen LogP contribution in [0.5, 0.6) is 0 Å². The van der Waals surface area contributed by atoms with E-state index >= 15 is 0 Å². The molecule has 0 radical (unpaired) electrons.